The molecule has 0 aromatic heterocycles. The fraction of sp³-hybridized carbons (Fsp3) is 1.00. The number of hydrogen-bond acceptors (Lipinski definition) is 3. The van der Waals surface area contributed by atoms with Gasteiger partial charge in [0.1, 0.15) is 0 Å². The second-order valence-electron chi connectivity index (χ2n) is 3.32. The van der Waals surface area contributed by atoms with Crippen molar-refractivity contribution in [2.75, 3.05) is 19.8 Å². The van der Waals surface area contributed by atoms with E-state index in [9.17, 15) is 0 Å². The molecule has 0 amide bonds. The van der Waals surface area contributed by atoms with E-state index < -0.39 is 0 Å². The first-order chi connectivity index (χ1) is 5.42. The Morgan fingerprint density at radius 3 is 3.09 bits per heavy atom. The van der Waals surface area contributed by atoms with Crippen LogP contribution in [0.5, 0.6) is 0 Å². The van der Waals surface area contributed by atoms with E-state index in [1.54, 1.807) is 0 Å². The van der Waals surface area contributed by atoms with Gasteiger partial charge < -0.3 is 14.6 Å². The summed E-state index contributed by atoms with van der Waals surface area (Å²) in [7, 11) is 0. The maximum Gasteiger partial charge on any atom is 0.160 e. The Kier molecular flexibility index (Phi) is 2.11. The minimum absolute atomic E-state index is 0.0131. The summed E-state index contributed by atoms with van der Waals surface area (Å²) in [6, 6.07) is 0. The van der Waals surface area contributed by atoms with Gasteiger partial charge in [-0.25, -0.2) is 0 Å². The first kappa shape index (κ1) is 7.53. The third kappa shape index (κ3) is 1.28. The average molecular weight is 158 g/mol. The van der Waals surface area contributed by atoms with Crippen molar-refractivity contribution in [2.24, 2.45) is 11.8 Å². The zero-order valence-electron chi connectivity index (χ0n) is 6.53. The monoisotopic (exact) mass is 158 g/mol. The average Bonchev–Trinajstić information content (AvgIpc) is 2.47. The lowest BCUT2D eigenvalue weighted by molar-refractivity contribution is -0.151. The molecule has 0 aromatic rings. The number of hydrogen-bond donors (Lipinski definition) is 1. The van der Waals surface area contributed by atoms with Crippen molar-refractivity contribution in [1.29, 1.82) is 0 Å². The van der Waals surface area contributed by atoms with Gasteiger partial charge in [0.05, 0.1) is 6.61 Å². The molecule has 11 heavy (non-hydrogen) atoms. The fourth-order valence-corrected chi connectivity index (χ4v) is 1.94. The molecular formula is C8H14O3. The van der Waals surface area contributed by atoms with Crippen LogP contribution in [-0.2, 0) is 9.47 Å². The molecular weight excluding hydrogens is 144 g/mol. The summed E-state index contributed by atoms with van der Waals surface area (Å²) in [4.78, 5) is 0. The van der Waals surface area contributed by atoms with Gasteiger partial charge in [0, 0.05) is 25.0 Å². The Balaban J connectivity index is 1.98. The van der Waals surface area contributed by atoms with E-state index in [0.29, 0.717) is 18.4 Å². The third-order valence-corrected chi connectivity index (χ3v) is 2.63. The lowest BCUT2D eigenvalue weighted by Crippen LogP contribution is -2.29. The molecule has 2 fully saturated rings. The molecule has 2 rings (SSSR count). The van der Waals surface area contributed by atoms with Crippen molar-refractivity contribution in [3.8, 4) is 0 Å². The number of ether oxygens (including phenoxy) is 2. The number of aliphatic hydroxyl groups is 1. The Hall–Kier alpha value is -0.120. The largest absolute Gasteiger partial charge is 0.396 e. The normalized spacial score (nSPS) is 43.9. The summed E-state index contributed by atoms with van der Waals surface area (Å²) in [5.41, 5.74) is 0. The predicted octanol–water partition coefficient (Wildman–Crippen LogP) is 0.378. The van der Waals surface area contributed by atoms with Gasteiger partial charge in [0.15, 0.2) is 6.29 Å². The highest BCUT2D eigenvalue weighted by Gasteiger charge is 2.38. The molecule has 0 aromatic carbocycles. The molecule has 0 spiro atoms. The van der Waals surface area contributed by atoms with Crippen molar-refractivity contribution in [3.63, 3.8) is 0 Å². The number of fused-ring (bicyclic) bond motifs is 1. The summed E-state index contributed by atoms with van der Waals surface area (Å²) in [6.45, 7) is 1.73. The molecule has 0 radical (unpaired) electrons. The molecule has 2 saturated heterocycles. The molecule has 0 bridgehead atoms. The predicted molar refractivity (Wildman–Crippen MR) is 39.0 cm³/mol. The molecule has 3 nitrogen and oxygen atoms in total. The van der Waals surface area contributed by atoms with Crippen molar-refractivity contribution in [1.82, 2.24) is 0 Å². The summed E-state index contributed by atoms with van der Waals surface area (Å²) in [6.07, 6.45) is 2.25. The minimum Gasteiger partial charge on any atom is -0.396 e. The van der Waals surface area contributed by atoms with E-state index in [-0.39, 0.29) is 12.9 Å². The van der Waals surface area contributed by atoms with E-state index in [2.05, 4.69) is 0 Å². The number of rotatable bonds is 1. The molecule has 0 aliphatic carbocycles. The van der Waals surface area contributed by atoms with Crippen LogP contribution in [0.1, 0.15) is 12.8 Å². The SMILES string of the molecule is OC[C@@H]1CO[C@H]2OCCC[C@@H]12. The maximum absolute atomic E-state index is 8.97. The molecule has 0 unspecified atom stereocenters. The van der Waals surface area contributed by atoms with Crippen LogP contribution in [0.3, 0.4) is 0 Å². The van der Waals surface area contributed by atoms with Crippen molar-refractivity contribution in [2.45, 2.75) is 19.1 Å². The van der Waals surface area contributed by atoms with Crippen LogP contribution in [0.2, 0.25) is 0 Å². The van der Waals surface area contributed by atoms with E-state index in [0.717, 1.165) is 19.4 Å². The van der Waals surface area contributed by atoms with Crippen LogP contribution in [0.4, 0.5) is 0 Å². The van der Waals surface area contributed by atoms with Gasteiger partial charge in [0.2, 0.25) is 0 Å². The van der Waals surface area contributed by atoms with E-state index in [1.165, 1.54) is 0 Å². The highest BCUT2D eigenvalue weighted by molar-refractivity contribution is 4.80. The first-order valence-corrected chi connectivity index (χ1v) is 4.26. The topological polar surface area (TPSA) is 38.7 Å². The molecule has 2 aliphatic rings. The molecule has 3 atom stereocenters. The zero-order valence-corrected chi connectivity index (χ0v) is 6.53. The van der Waals surface area contributed by atoms with Gasteiger partial charge in [-0.1, -0.05) is 0 Å². The van der Waals surface area contributed by atoms with Crippen LogP contribution in [0, 0.1) is 11.8 Å². The van der Waals surface area contributed by atoms with Gasteiger partial charge in [-0.3, -0.25) is 0 Å². The maximum atomic E-state index is 8.97. The van der Waals surface area contributed by atoms with Gasteiger partial charge in [-0.15, -0.1) is 0 Å². The third-order valence-electron chi connectivity index (χ3n) is 2.63. The highest BCUT2D eigenvalue weighted by Crippen LogP contribution is 2.34. The summed E-state index contributed by atoms with van der Waals surface area (Å²) < 4.78 is 10.8. The molecule has 2 heterocycles. The summed E-state index contributed by atoms with van der Waals surface area (Å²) in [5, 5.41) is 8.97. The molecule has 64 valence electrons. The lowest BCUT2D eigenvalue weighted by Gasteiger charge is -2.26. The van der Waals surface area contributed by atoms with Gasteiger partial charge in [-0.2, -0.15) is 0 Å². The first-order valence-electron chi connectivity index (χ1n) is 4.26. The second-order valence-corrected chi connectivity index (χ2v) is 3.32. The van der Waals surface area contributed by atoms with Crippen LogP contribution >= 0.6 is 0 Å². The van der Waals surface area contributed by atoms with Crippen molar-refractivity contribution < 1.29 is 14.6 Å². The smallest absolute Gasteiger partial charge is 0.160 e. The van der Waals surface area contributed by atoms with Crippen molar-refractivity contribution in [3.05, 3.63) is 0 Å². The lowest BCUT2D eigenvalue weighted by atomic mass is 9.90. The minimum atomic E-state index is -0.0131. The summed E-state index contributed by atoms with van der Waals surface area (Å²) >= 11 is 0. The van der Waals surface area contributed by atoms with Gasteiger partial charge in [-0.05, 0) is 12.8 Å². The van der Waals surface area contributed by atoms with E-state index in [1.807, 2.05) is 0 Å². The molecule has 3 heteroatoms. The summed E-state index contributed by atoms with van der Waals surface area (Å²) in [5.74, 6) is 0.772. The zero-order chi connectivity index (χ0) is 7.68. The fourth-order valence-electron chi connectivity index (χ4n) is 1.94. The molecule has 2 aliphatic heterocycles. The van der Waals surface area contributed by atoms with Gasteiger partial charge >= 0.3 is 0 Å². The standard InChI is InChI=1S/C8H14O3/c9-4-6-5-11-8-7(6)2-1-3-10-8/h6-9H,1-5H2/t6-,7+,8-/m1/s1. The Labute approximate surface area is 66.3 Å². The van der Waals surface area contributed by atoms with Crippen LogP contribution in [0.15, 0.2) is 0 Å². The molecule has 1 N–H and O–H groups in total. The van der Waals surface area contributed by atoms with Crippen LogP contribution in [-0.4, -0.2) is 31.2 Å². The highest BCUT2D eigenvalue weighted by atomic mass is 16.7. The molecule has 0 saturated carbocycles. The van der Waals surface area contributed by atoms with Gasteiger partial charge in [0.25, 0.3) is 0 Å². The quantitative estimate of drug-likeness (QED) is 0.599. The van der Waals surface area contributed by atoms with Crippen LogP contribution in [0.25, 0.3) is 0 Å². The van der Waals surface area contributed by atoms with E-state index >= 15 is 0 Å². The Morgan fingerprint density at radius 2 is 2.27 bits per heavy atom. The Bertz CT molecular complexity index is 131. The van der Waals surface area contributed by atoms with Crippen molar-refractivity contribution >= 4 is 0 Å². The second kappa shape index (κ2) is 3.09. The van der Waals surface area contributed by atoms with Crippen LogP contribution < -0.4 is 0 Å². The number of aliphatic hydroxyl groups excluding tert-OH is 1. The van der Waals surface area contributed by atoms with E-state index in [4.69, 9.17) is 14.6 Å². The Morgan fingerprint density at radius 1 is 1.36 bits per heavy atom.